The van der Waals surface area contributed by atoms with Gasteiger partial charge in [-0.1, -0.05) is 18.2 Å². The Kier molecular flexibility index (Phi) is 5.24. The van der Waals surface area contributed by atoms with Crippen LogP contribution in [0.5, 0.6) is 5.75 Å². The number of para-hydroxylation sites is 1. The van der Waals surface area contributed by atoms with E-state index in [1.54, 1.807) is 23.7 Å². The van der Waals surface area contributed by atoms with E-state index in [0.29, 0.717) is 17.9 Å². The fourth-order valence-electron chi connectivity index (χ4n) is 1.95. The first-order valence-electron chi connectivity index (χ1n) is 6.88. The summed E-state index contributed by atoms with van der Waals surface area (Å²) in [7, 11) is 0. The molecule has 2 aromatic carbocycles. The Balaban J connectivity index is 1.69. The topological polar surface area (TPSA) is 51.2 Å². The third-order valence-corrected chi connectivity index (χ3v) is 4.66. The lowest BCUT2D eigenvalue weighted by atomic mass is 10.2. The van der Waals surface area contributed by atoms with E-state index in [0.717, 1.165) is 15.0 Å². The van der Waals surface area contributed by atoms with Crippen LogP contribution in [0, 0.1) is 3.57 Å². The van der Waals surface area contributed by atoms with Gasteiger partial charge in [-0.25, -0.2) is 4.98 Å². The summed E-state index contributed by atoms with van der Waals surface area (Å²) in [4.78, 5) is 16.5. The van der Waals surface area contributed by atoms with Crippen molar-refractivity contribution in [2.45, 2.75) is 6.61 Å². The second kappa shape index (κ2) is 7.56. The number of hydrogen-bond acceptors (Lipinski definition) is 4. The zero-order chi connectivity index (χ0) is 16.1. The zero-order valence-electron chi connectivity index (χ0n) is 12.0. The smallest absolute Gasteiger partial charge is 0.255 e. The van der Waals surface area contributed by atoms with Crippen molar-refractivity contribution in [3.8, 4) is 5.75 Å². The number of rotatable bonds is 5. The number of halogens is 1. The molecule has 23 heavy (non-hydrogen) atoms. The van der Waals surface area contributed by atoms with Crippen LogP contribution >= 0.6 is 33.9 Å². The molecule has 1 heterocycles. The van der Waals surface area contributed by atoms with Gasteiger partial charge in [-0.05, 0) is 52.9 Å². The highest BCUT2D eigenvalue weighted by atomic mass is 127. The van der Waals surface area contributed by atoms with Gasteiger partial charge in [0.2, 0.25) is 0 Å². The van der Waals surface area contributed by atoms with E-state index in [2.05, 4.69) is 32.9 Å². The number of carbonyl (C=O) groups excluding carboxylic acids is 1. The number of anilines is 1. The summed E-state index contributed by atoms with van der Waals surface area (Å²) in [5.41, 5.74) is 4.00. The molecular weight excluding hydrogens is 423 g/mol. The molecule has 1 amide bonds. The molecule has 0 saturated carbocycles. The Morgan fingerprint density at radius 1 is 1.22 bits per heavy atom. The molecule has 0 saturated heterocycles. The van der Waals surface area contributed by atoms with Gasteiger partial charge in [-0.3, -0.25) is 4.79 Å². The molecule has 1 N–H and O–H groups in total. The molecule has 0 aliphatic heterocycles. The standard InChI is InChI=1S/C17H13IN2O2S/c18-15-6-1-2-7-16(15)20-17(21)12-4-3-5-14(8-12)22-9-13-10-23-11-19-13/h1-8,10-11H,9H2,(H,20,21). The van der Waals surface area contributed by atoms with E-state index in [4.69, 9.17) is 4.74 Å². The molecule has 0 aliphatic rings. The summed E-state index contributed by atoms with van der Waals surface area (Å²) in [6.45, 7) is 0.394. The van der Waals surface area contributed by atoms with Gasteiger partial charge in [-0.2, -0.15) is 0 Å². The number of ether oxygens (including phenoxy) is 1. The van der Waals surface area contributed by atoms with Crippen molar-refractivity contribution in [3.63, 3.8) is 0 Å². The Morgan fingerprint density at radius 3 is 2.87 bits per heavy atom. The minimum atomic E-state index is -0.159. The van der Waals surface area contributed by atoms with Crippen LogP contribution in [0.25, 0.3) is 0 Å². The van der Waals surface area contributed by atoms with E-state index in [-0.39, 0.29) is 5.91 Å². The number of aromatic nitrogens is 1. The first kappa shape index (κ1) is 15.9. The summed E-state index contributed by atoms with van der Waals surface area (Å²) in [6.07, 6.45) is 0. The number of nitrogens with zero attached hydrogens (tertiary/aromatic N) is 1. The van der Waals surface area contributed by atoms with Crippen LogP contribution in [0.1, 0.15) is 16.1 Å². The van der Waals surface area contributed by atoms with E-state index < -0.39 is 0 Å². The largest absolute Gasteiger partial charge is 0.487 e. The Labute approximate surface area is 151 Å². The number of benzene rings is 2. The van der Waals surface area contributed by atoms with Gasteiger partial charge < -0.3 is 10.1 Å². The highest BCUT2D eigenvalue weighted by Gasteiger charge is 2.09. The molecule has 0 atom stereocenters. The fourth-order valence-corrected chi connectivity index (χ4v) is 3.02. The van der Waals surface area contributed by atoms with Crippen molar-refractivity contribution in [1.29, 1.82) is 0 Å². The summed E-state index contributed by atoms with van der Waals surface area (Å²) < 4.78 is 6.67. The third-order valence-electron chi connectivity index (χ3n) is 3.09. The molecule has 0 fully saturated rings. The van der Waals surface area contributed by atoms with Crippen LogP contribution in [0.4, 0.5) is 5.69 Å². The van der Waals surface area contributed by atoms with Crippen molar-refractivity contribution in [2.24, 2.45) is 0 Å². The normalized spacial score (nSPS) is 10.3. The SMILES string of the molecule is O=C(Nc1ccccc1I)c1cccc(OCc2cscn2)c1. The lowest BCUT2D eigenvalue weighted by Crippen LogP contribution is -2.12. The summed E-state index contributed by atoms with van der Waals surface area (Å²) in [5.74, 6) is 0.488. The molecule has 1 aromatic heterocycles. The second-order valence-electron chi connectivity index (χ2n) is 4.73. The number of nitrogens with one attached hydrogen (secondary N) is 1. The molecule has 0 radical (unpaired) electrons. The van der Waals surface area contributed by atoms with Crippen LogP contribution in [0.15, 0.2) is 59.4 Å². The predicted octanol–water partition coefficient (Wildman–Crippen LogP) is 4.58. The summed E-state index contributed by atoms with van der Waals surface area (Å²) in [5, 5.41) is 4.85. The molecule has 6 heteroatoms. The molecular formula is C17H13IN2O2S. The van der Waals surface area contributed by atoms with Crippen molar-refractivity contribution in [2.75, 3.05) is 5.32 Å². The Hall–Kier alpha value is -1.93. The Morgan fingerprint density at radius 2 is 2.09 bits per heavy atom. The maximum absolute atomic E-state index is 12.4. The molecule has 3 aromatic rings. The predicted molar refractivity (Wildman–Crippen MR) is 100 cm³/mol. The fraction of sp³-hybridized carbons (Fsp3) is 0.0588. The lowest BCUT2D eigenvalue weighted by Gasteiger charge is -2.09. The lowest BCUT2D eigenvalue weighted by molar-refractivity contribution is 0.102. The summed E-state index contributed by atoms with van der Waals surface area (Å²) >= 11 is 3.72. The third kappa shape index (κ3) is 4.29. The number of hydrogen-bond donors (Lipinski definition) is 1. The van der Waals surface area contributed by atoms with Gasteiger partial charge in [-0.15, -0.1) is 11.3 Å². The minimum Gasteiger partial charge on any atom is -0.487 e. The van der Waals surface area contributed by atoms with Crippen LogP contribution in [-0.4, -0.2) is 10.9 Å². The highest BCUT2D eigenvalue weighted by molar-refractivity contribution is 14.1. The van der Waals surface area contributed by atoms with E-state index in [9.17, 15) is 4.79 Å². The molecule has 0 bridgehead atoms. The molecule has 0 aliphatic carbocycles. The second-order valence-corrected chi connectivity index (χ2v) is 6.61. The minimum absolute atomic E-state index is 0.159. The Bertz CT molecular complexity index is 806. The van der Waals surface area contributed by atoms with Crippen LogP contribution in [0.3, 0.4) is 0 Å². The molecule has 0 unspecified atom stereocenters. The van der Waals surface area contributed by atoms with Crippen molar-refractivity contribution in [3.05, 3.63) is 74.2 Å². The van der Waals surface area contributed by atoms with Crippen LogP contribution in [0.2, 0.25) is 0 Å². The summed E-state index contributed by atoms with van der Waals surface area (Å²) in [6, 6.07) is 14.8. The number of carbonyl (C=O) groups is 1. The maximum atomic E-state index is 12.4. The molecule has 116 valence electrons. The van der Waals surface area contributed by atoms with Gasteiger partial charge in [0.15, 0.2) is 0 Å². The van der Waals surface area contributed by atoms with Gasteiger partial charge >= 0.3 is 0 Å². The van der Waals surface area contributed by atoms with E-state index >= 15 is 0 Å². The van der Waals surface area contributed by atoms with Gasteiger partial charge in [0, 0.05) is 14.5 Å². The quantitative estimate of drug-likeness (QED) is 0.596. The highest BCUT2D eigenvalue weighted by Crippen LogP contribution is 2.20. The molecule has 4 nitrogen and oxygen atoms in total. The van der Waals surface area contributed by atoms with Gasteiger partial charge in [0.1, 0.15) is 12.4 Å². The zero-order valence-corrected chi connectivity index (χ0v) is 15.0. The monoisotopic (exact) mass is 436 g/mol. The molecule has 3 rings (SSSR count). The number of thiazole rings is 1. The number of amides is 1. The van der Waals surface area contributed by atoms with Crippen molar-refractivity contribution < 1.29 is 9.53 Å². The first-order valence-corrected chi connectivity index (χ1v) is 8.90. The first-order chi connectivity index (χ1) is 11.2. The maximum Gasteiger partial charge on any atom is 0.255 e. The van der Waals surface area contributed by atoms with E-state index in [1.807, 2.05) is 35.7 Å². The van der Waals surface area contributed by atoms with Gasteiger partial charge in [0.25, 0.3) is 5.91 Å². The van der Waals surface area contributed by atoms with Gasteiger partial charge in [0.05, 0.1) is 16.9 Å². The molecule has 0 spiro atoms. The van der Waals surface area contributed by atoms with E-state index in [1.165, 1.54) is 11.3 Å². The van der Waals surface area contributed by atoms with Crippen molar-refractivity contribution >= 4 is 45.5 Å². The van der Waals surface area contributed by atoms with Crippen molar-refractivity contribution in [1.82, 2.24) is 4.98 Å². The average molecular weight is 436 g/mol. The van der Waals surface area contributed by atoms with Crippen LogP contribution < -0.4 is 10.1 Å². The van der Waals surface area contributed by atoms with Crippen LogP contribution in [-0.2, 0) is 6.61 Å². The average Bonchev–Trinajstić information content (AvgIpc) is 3.09.